The summed E-state index contributed by atoms with van der Waals surface area (Å²) in [5.74, 6) is -0.933. The summed E-state index contributed by atoms with van der Waals surface area (Å²) >= 11 is 0. The number of aliphatic carboxylic acids is 1. The summed E-state index contributed by atoms with van der Waals surface area (Å²) in [6, 6.07) is 1.34. The van der Waals surface area contributed by atoms with E-state index >= 15 is 0 Å². The molecule has 1 saturated heterocycles. The maximum Gasteiger partial charge on any atom is 0.326 e. The standard InChI is InChI=1S/C12H17N3O3/c13-6-2-8-14(9-4-5-9)12(18)15-7-1-3-10(15)11(16)17/h9-10H,1-5,7-8H2,(H,16,17)/t10-/m0/s1. The van der Waals surface area contributed by atoms with Crippen molar-refractivity contribution in [1.29, 1.82) is 5.26 Å². The zero-order valence-electron chi connectivity index (χ0n) is 10.2. The van der Waals surface area contributed by atoms with Gasteiger partial charge in [0.1, 0.15) is 6.04 Å². The minimum Gasteiger partial charge on any atom is -0.480 e. The molecule has 6 nitrogen and oxygen atoms in total. The Balaban J connectivity index is 2.03. The summed E-state index contributed by atoms with van der Waals surface area (Å²) in [7, 11) is 0. The third-order valence-corrected chi connectivity index (χ3v) is 3.48. The Morgan fingerprint density at radius 3 is 2.67 bits per heavy atom. The van der Waals surface area contributed by atoms with Crippen LogP contribution in [0.3, 0.4) is 0 Å². The number of hydrogen-bond donors (Lipinski definition) is 1. The lowest BCUT2D eigenvalue weighted by Gasteiger charge is -2.29. The van der Waals surface area contributed by atoms with Gasteiger partial charge in [-0.1, -0.05) is 0 Å². The SMILES string of the molecule is N#CCCN(C(=O)N1CCC[C@H]1C(=O)O)C1CC1. The first kappa shape index (κ1) is 12.7. The number of amides is 2. The molecule has 1 atom stereocenters. The van der Waals surface area contributed by atoms with E-state index in [0.29, 0.717) is 25.9 Å². The molecule has 2 rings (SSSR count). The van der Waals surface area contributed by atoms with Crippen molar-refractivity contribution in [3.63, 3.8) is 0 Å². The van der Waals surface area contributed by atoms with Crippen LogP contribution in [0.4, 0.5) is 4.79 Å². The van der Waals surface area contributed by atoms with Gasteiger partial charge in [0, 0.05) is 19.1 Å². The molecule has 1 aliphatic carbocycles. The second-order valence-corrected chi connectivity index (χ2v) is 4.80. The number of carbonyl (C=O) groups excluding carboxylic acids is 1. The minimum atomic E-state index is -0.933. The number of nitriles is 1. The van der Waals surface area contributed by atoms with Gasteiger partial charge in [-0.25, -0.2) is 9.59 Å². The first-order chi connectivity index (χ1) is 8.65. The maximum atomic E-state index is 12.3. The first-order valence-electron chi connectivity index (χ1n) is 6.32. The number of urea groups is 1. The average molecular weight is 251 g/mol. The zero-order valence-corrected chi connectivity index (χ0v) is 10.2. The molecule has 18 heavy (non-hydrogen) atoms. The van der Waals surface area contributed by atoms with Crippen LogP contribution in [0.1, 0.15) is 32.1 Å². The van der Waals surface area contributed by atoms with Crippen molar-refractivity contribution in [2.24, 2.45) is 0 Å². The summed E-state index contributed by atoms with van der Waals surface area (Å²) in [6.07, 6.45) is 3.48. The van der Waals surface area contributed by atoms with E-state index in [9.17, 15) is 9.59 Å². The van der Waals surface area contributed by atoms with Crippen molar-refractivity contribution in [2.45, 2.75) is 44.2 Å². The molecule has 2 amide bonds. The molecule has 2 fully saturated rings. The van der Waals surface area contributed by atoms with Gasteiger partial charge in [0.05, 0.1) is 12.5 Å². The second-order valence-electron chi connectivity index (χ2n) is 4.80. The number of likely N-dealkylation sites (tertiary alicyclic amines) is 1. The Morgan fingerprint density at radius 2 is 2.11 bits per heavy atom. The van der Waals surface area contributed by atoms with E-state index in [1.54, 1.807) is 4.90 Å². The predicted molar refractivity (Wildman–Crippen MR) is 62.7 cm³/mol. The number of nitrogens with zero attached hydrogens (tertiary/aromatic N) is 3. The normalized spacial score (nSPS) is 22.6. The smallest absolute Gasteiger partial charge is 0.326 e. The molecule has 6 heteroatoms. The number of carbonyl (C=O) groups is 2. The van der Waals surface area contributed by atoms with Gasteiger partial charge in [-0.15, -0.1) is 0 Å². The van der Waals surface area contributed by atoms with Crippen LogP contribution in [0.25, 0.3) is 0 Å². The highest BCUT2D eigenvalue weighted by atomic mass is 16.4. The lowest BCUT2D eigenvalue weighted by Crippen LogP contribution is -2.49. The van der Waals surface area contributed by atoms with Gasteiger partial charge in [0.2, 0.25) is 0 Å². The summed E-state index contributed by atoms with van der Waals surface area (Å²) in [4.78, 5) is 26.5. The third-order valence-electron chi connectivity index (χ3n) is 3.48. The monoisotopic (exact) mass is 251 g/mol. The molecule has 1 aliphatic heterocycles. The Bertz CT molecular complexity index is 387. The molecule has 0 spiro atoms. The Morgan fingerprint density at radius 1 is 1.39 bits per heavy atom. The molecule has 0 bridgehead atoms. The average Bonchev–Trinajstić information content (AvgIpc) is 3.05. The summed E-state index contributed by atoms with van der Waals surface area (Å²) in [5, 5.41) is 17.7. The van der Waals surface area contributed by atoms with Gasteiger partial charge in [-0.2, -0.15) is 5.26 Å². The number of carboxylic acid groups (broad SMARTS) is 1. The molecule has 2 aliphatic rings. The van der Waals surface area contributed by atoms with Gasteiger partial charge < -0.3 is 14.9 Å². The highest BCUT2D eigenvalue weighted by molar-refractivity contribution is 5.83. The van der Waals surface area contributed by atoms with Crippen LogP contribution >= 0.6 is 0 Å². The van der Waals surface area contributed by atoms with E-state index in [2.05, 4.69) is 0 Å². The lowest BCUT2D eigenvalue weighted by atomic mass is 10.2. The molecular formula is C12H17N3O3. The molecule has 1 saturated carbocycles. The van der Waals surface area contributed by atoms with Crippen LogP contribution in [0.2, 0.25) is 0 Å². The molecule has 98 valence electrons. The van der Waals surface area contributed by atoms with Crippen LogP contribution < -0.4 is 0 Å². The van der Waals surface area contributed by atoms with Crippen LogP contribution in [0.5, 0.6) is 0 Å². The number of hydrogen-bond acceptors (Lipinski definition) is 3. The van der Waals surface area contributed by atoms with Gasteiger partial charge in [0.15, 0.2) is 0 Å². The topological polar surface area (TPSA) is 84.6 Å². The Labute approximate surface area is 106 Å². The van der Waals surface area contributed by atoms with Crippen LogP contribution in [0, 0.1) is 11.3 Å². The molecule has 0 radical (unpaired) electrons. The van der Waals surface area contributed by atoms with Crippen molar-refractivity contribution < 1.29 is 14.7 Å². The Hall–Kier alpha value is -1.77. The van der Waals surface area contributed by atoms with Crippen molar-refractivity contribution in [3.8, 4) is 6.07 Å². The summed E-state index contributed by atoms with van der Waals surface area (Å²) in [5.41, 5.74) is 0. The quantitative estimate of drug-likeness (QED) is 0.808. The summed E-state index contributed by atoms with van der Waals surface area (Å²) in [6.45, 7) is 0.911. The van der Waals surface area contributed by atoms with Crippen molar-refractivity contribution in [3.05, 3.63) is 0 Å². The zero-order chi connectivity index (χ0) is 13.1. The number of carboxylic acids is 1. The minimum absolute atomic E-state index is 0.209. The second kappa shape index (κ2) is 5.25. The van der Waals surface area contributed by atoms with E-state index in [1.807, 2.05) is 6.07 Å². The molecular weight excluding hydrogens is 234 g/mol. The molecule has 1 heterocycles. The van der Waals surface area contributed by atoms with Crippen LogP contribution in [0.15, 0.2) is 0 Å². The highest BCUT2D eigenvalue weighted by Crippen LogP contribution is 2.29. The highest BCUT2D eigenvalue weighted by Gasteiger charge is 2.40. The molecule has 0 aromatic heterocycles. The van der Waals surface area contributed by atoms with E-state index in [0.717, 1.165) is 19.3 Å². The van der Waals surface area contributed by atoms with Gasteiger partial charge >= 0.3 is 12.0 Å². The fourth-order valence-corrected chi connectivity index (χ4v) is 2.41. The van der Waals surface area contributed by atoms with Gasteiger partial charge in [-0.3, -0.25) is 0 Å². The van der Waals surface area contributed by atoms with Crippen LogP contribution in [-0.2, 0) is 4.79 Å². The Kier molecular flexibility index (Phi) is 3.70. The largest absolute Gasteiger partial charge is 0.480 e. The molecule has 0 unspecified atom stereocenters. The van der Waals surface area contributed by atoms with E-state index in [4.69, 9.17) is 10.4 Å². The van der Waals surface area contributed by atoms with E-state index in [-0.39, 0.29) is 12.1 Å². The molecule has 0 aromatic carbocycles. The number of rotatable bonds is 4. The van der Waals surface area contributed by atoms with Crippen molar-refractivity contribution >= 4 is 12.0 Å². The van der Waals surface area contributed by atoms with Crippen LogP contribution in [-0.4, -0.2) is 52.1 Å². The molecule has 0 aromatic rings. The predicted octanol–water partition coefficient (Wildman–Crippen LogP) is 1.03. The van der Waals surface area contributed by atoms with Crippen molar-refractivity contribution in [1.82, 2.24) is 9.80 Å². The van der Waals surface area contributed by atoms with Gasteiger partial charge in [0.25, 0.3) is 0 Å². The molecule has 1 N–H and O–H groups in total. The lowest BCUT2D eigenvalue weighted by molar-refractivity contribution is -0.141. The fourth-order valence-electron chi connectivity index (χ4n) is 2.41. The maximum absolute atomic E-state index is 12.3. The third kappa shape index (κ3) is 2.55. The van der Waals surface area contributed by atoms with E-state index in [1.165, 1.54) is 4.90 Å². The summed E-state index contributed by atoms with van der Waals surface area (Å²) < 4.78 is 0. The fraction of sp³-hybridized carbons (Fsp3) is 0.750. The first-order valence-corrected chi connectivity index (χ1v) is 6.32. The van der Waals surface area contributed by atoms with Crippen molar-refractivity contribution in [2.75, 3.05) is 13.1 Å². The van der Waals surface area contributed by atoms with E-state index < -0.39 is 12.0 Å². The van der Waals surface area contributed by atoms with Gasteiger partial charge in [-0.05, 0) is 25.7 Å².